The molecule has 0 aliphatic carbocycles. The molecule has 0 aliphatic heterocycles. The lowest BCUT2D eigenvalue weighted by Crippen LogP contribution is -2.49. The van der Waals surface area contributed by atoms with Gasteiger partial charge in [-0.05, 0) is 6.42 Å². The predicted molar refractivity (Wildman–Crippen MR) is 75.4 cm³/mol. The lowest BCUT2D eigenvalue weighted by molar-refractivity contribution is -0.170. The molecule has 0 unspecified atom stereocenters. The van der Waals surface area contributed by atoms with Gasteiger partial charge in [0, 0.05) is 0 Å². The van der Waals surface area contributed by atoms with Gasteiger partial charge in [0.05, 0.1) is 13.2 Å². The Morgan fingerprint density at radius 2 is 1.52 bits per heavy atom. The van der Waals surface area contributed by atoms with Gasteiger partial charge in [-0.3, -0.25) is 0 Å². The topological polar surface area (TPSA) is 127 Å². The van der Waals surface area contributed by atoms with Gasteiger partial charge in [-0.15, -0.1) is 0 Å². The summed E-state index contributed by atoms with van der Waals surface area (Å²) in [7, 11) is 0. The number of ether oxygens (including phenoxy) is 1. The van der Waals surface area contributed by atoms with Crippen molar-refractivity contribution in [3.8, 4) is 0 Å². The summed E-state index contributed by atoms with van der Waals surface area (Å²) in [6.07, 6.45) is -1.23. The zero-order chi connectivity index (χ0) is 16.3. The molecule has 0 aromatic carbocycles. The maximum absolute atomic E-state index is 11.4. The highest BCUT2D eigenvalue weighted by Crippen LogP contribution is 2.08. The number of unbranched alkanes of at least 4 members (excludes halogenated alkanes) is 5. The summed E-state index contributed by atoms with van der Waals surface area (Å²) in [6, 6.07) is 0. The van der Waals surface area contributed by atoms with Crippen molar-refractivity contribution in [1.82, 2.24) is 0 Å². The van der Waals surface area contributed by atoms with Gasteiger partial charge in [-0.2, -0.15) is 0 Å². The Kier molecular flexibility index (Phi) is 11.5. The lowest BCUT2D eigenvalue weighted by Gasteiger charge is -2.24. The number of rotatable bonds is 12. The summed E-state index contributed by atoms with van der Waals surface area (Å²) in [5.41, 5.74) is 0. The first-order chi connectivity index (χ1) is 9.95. The van der Waals surface area contributed by atoms with Crippen molar-refractivity contribution in [2.24, 2.45) is 0 Å². The van der Waals surface area contributed by atoms with Crippen molar-refractivity contribution in [3.05, 3.63) is 0 Å². The first kappa shape index (κ1) is 20.3. The van der Waals surface area contributed by atoms with Gasteiger partial charge < -0.3 is 30.3 Å². The normalized spacial score (nSPS) is 17.0. The zero-order valence-electron chi connectivity index (χ0n) is 12.5. The average Bonchev–Trinajstić information content (AvgIpc) is 2.50. The SMILES string of the molecule is CCCCCCCCOC(=O)[C@H](O)[C@@H](O)[C@H](O)[C@H](O)CO. The van der Waals surface area contributed by atoms with E-state index in [-0.39, 0.29) is 6.61 Å². The second-order valence-corrected chi connectivity index (χ2v) is 5.11. The third-order valence-electron chi connectivity index (χ3n) is 3.24. The highest BCUT2D eigenvalue weighted by molar-refractivity contribution is 5.75. The van der Waals surface area contributed by atoms with E-state index >= 15 is 0 Å². The first-order valence-corrected chi connectivity index (χ1v) is 7.45. The van der Waals surface area contributed by atoms with Crippen LogP contribution in [-0.2, 0) is 9.53 Å². The molecule has 0 saturated carbocycles. The second kappa shape index (κ2) is 11.9. The Morgan fingerprint density at radius 3 is 2.10 bits per heavy atom. The van der Waals surface area contributed by atoms with E-state index in [1.54, 1.807) is 0 Å². The highest BCUT2D eigenvalue weighted by atomic mass is 16.5. The largest absolute Gasteiger partial charge is 0.464 e. The molecule has 4 atom stereocenters. The van der Waals surface area contributed by atoms with Gasteiger partial charge in [0.2, 0.25) is 0 Å². The maximum Gasteiger partial charge on any atom is 0.337 e. The number of aliphatic hydroxyl groups excluding tert-OH is 5. The van der Waals surface area contributed by atoms with E-state index in [9.17, 15) is 20.1 Å². The second-order valence-electron chi connectivity index (χ2n) is 5.11. The van der Waals surface area contributed by atoms with Crippen LogP contribution in [0.5, 0.6) is 0 Å². The number of carbonyl (C=O) groups is 1. The van der Waals surface area contributed by atoms with Crippen LogP contribution in [0, 0.1) is 0 Å². The smallest absolute Gasteiger partial charge is 0.337 e. The Hall–Kier alpha value is -0.730. The molecule has 0 fully saturated rings. The highest BCUT2D eigenvalue weighted by Gasteiger charge is 2.34. The van der Waals surface area contributed by atoms with Crippen LogP contribution in [0.25, 0.3) is 0 Å². The van der Waals surface area contributed by atoms with E-state index in [1.165, 1.54) is 6.42 Å². The summed E-state index contributed by atoms with van der Waals surface area (Å²) < 4.78 is 4.79. The third-order valence-corrected chi connectivity index (χ3v) is 3.24. The van der Waals surface area contributed by atoms with Crippen molar-refractivity contribution in [2.75, 3.05) is 13.2 Å². The van der Waals surface area contributed by atoms with Crippen LogP contribution >= 0.6 is 0 Å². The number of aliphatic hydroxyl groups is 5. The van der Waals surface area contributed by atoms with Crippen molar-refractivity contribution in [1.29, 1.82) is 0 Å². The molecule has 0 spiro atoms. The number of esters is 1. The average molecular weight is 308 g/mol. The lowest BCUT2D eigenvalue weighted by atomic mass is 10.0. The molecule has 7 nitrogen and oxygen atoms in total. The Bertz CT molecular complexity index is 272. The van der Waals surface area contributed by atoms with E-state index in [0.29, 0.717) is 6.42 Å². The third kappa shape index (κ3) is 8.33. The standard InChI is InChI=1S/C14H28O7/c1-2-3-4-5-6-7-8-21-14(20)13(19)12(18)11(17)10(16)9-15/h10-13,15-19H,2-9H2,1H3/t10-,11-,12+,13-/m1/s1. The van der Waals surface area contributed by atoms with Gasteiger partial charge >= 0.3 is 5.97 Å². The molecule has 0 radical (unpaired) electrons. The van der Waals surface area contributed by atoms with E-state index in [1.807, 2.05) is 0 Å². The predicted octanol–water partition coefficient (Wildman–Crippen LogP) is -0.674. The molecule has 0 bridgehead atoms. The summed E-state index contributed by atoms with van der Waals surface area (Å²) in [4.78, 5) is 11.4. The quantitative estimate of drug-likeness (QED) is 0.239. The summed E-state index contributed by atoms with van der Waals surface area (Å²) in [6.45, 7) is 1.46. The number of carbonyl (C=O) groups excluding carboxylic acids is 1. The fourth-order valence-corrected chi connectivity index (χ4v) is 1.80. The first-order valence-electron chi connectivity index (χ1n) is 7.45. The number of hydrogen-bond acceptors (Lipinski definition) is 7. The van der Waals surface area contributed by atoms with Crippen LogP contribution in [0.2, 0.25) is 0 Å². The van der Waals surface area contributed by atoms with Gasteiger partial charge in [-0.1, -0.05) is 39.0 Å². The molecule has 0 heterocycles. The van der Waals surface area contributed by atoms with Gasteiger partial charge in [0.1, 0.15) is 18.3 Å². The molecule has 7 heteroatoms. The zero-order valence-corrected chi connectivity index (χ0v) is 12.5. The van der Waals surface area contributed by atoms with Crippen molar-refractivity contribution >= 4 is 5.97 Å². The minimum atomic E-state index is -1.96. The fourth-order valence-electron chi connectivity index (χ4n) is 1.80. The molecule has 126 valence electrons. The van der Waals surface area contributed by atoms with Gasteiger partial charge in [0.15, 0.2) is 6.10 Å². The van der Waals surface area contributed by atoms with Crippen LogP contribution in [0.4, 0.5) is 0 Å². The molecular formula is C14H28O7. The van der Waals surface area contributed by atoms with E-state index in [2.05, 4.69) is 6.92 Å². The van der Waals surface area contributed by atoms with Gasteiger partial charge in [0.25, 0.3) is 0 Å². The van der Waals surface area contributed by atoms with Crippen LogP contribution in [0.15, 0.2) is 0 Å². The van der Waals surface area contributed by atoms with E-state index < -0.39 is 37.0 Å². The molecule has 0 aromatic heterocycles. The van der Waals surface area contributed by atoms with Gasteiger partial charge in [-0.25, -0.2) is 4.79 Å². The molecule has 21 heavy (non-hydrogen) atoms. The van der Waals surface area contributed by atoms with Crippen LogP contribution < -0.4 is 0 Å². The molecule has 5 N–H and O–H groups in total. The monoisotopic (exact) mass is 308 g/mol. The van der Waals surface area contributed by atoms with Crippen LogP contribution in [0.3, 0.4) is 0 Å². The fraction of sp³-hybridized carbons (Fsp3) is 0.929. The molecule has 0 aromatic rings. The van der Waals surface area contributed by atoms with Crippen LogP contribution in [-0.4, -0.2) is 69.1 Å². The molecular weight excluding hydrogens is 280 g/mol. The van der Waals surface area contributed by atoms with Crippen molar-refractivity contribution < 1.29 is 35.1 Å². The molecule has 0 amide bonds. The Labute approximate surface area is 125 Å². The minimum Gasteiger partial charge on any atom is -0.464 e. The Balaban J connectivity index is 3.89. The molecule has 0 saturated heterocycles. The summed E-state index contributed by atoms with van der Waals surface area (Å²) in [5, 5.41) is 46.1. The van der Waals surface area contributed by atoms with Crippen LogP contribution in [0.1, 0.15) is 45.4 Å². The summed E-state index contributed by atoms with van der Waals surface area (Å²) in [5.74, 6) is -1.06. The van der Waals surface area contributed by atoms with E-state index in [0.717, 1.165) is 25.7 Å². The van der Waals surface area contributed by atoms with Crippen molar-refractivity contribution in [2.45, 2.75) is 69.9 Å². The molecule has 0 aliphatic rings. The summed E-state index contributed by atoms with van der Waals surface area (Å²) >= 11 is 0. The minimum absolute atomic E-state index is 0.132. The molecule has 0 rings (SSSR count). The maximum atomic E-state index is 11.4. The Morgan fingerprint density at radius 1 is 0.952 bits per heavy atom. The van der Waals surface area contributed by atoms with Crippen molar-refractivity contribution in [3.63, 3.8) is 0 Å². The van der Waals surface area contributed by atoms with E-state index in [4.69, 9.17) is 14.9 Å². The number of hydrogen-bond donors (Lipinski definition) is 5.